The molecular formula is C37H34F2N6O4S. The molecule has 7 rings (SSSR count). The number of rotatable bonds is 4. The number of benzene rings is 2. The summed E-state index contributed by atoms with van der Waals surface area (Å²) in [5.74, 6) is -1.27. The molecule has 5 heterocycles. The molecule has 2 aromatic carbocycles. The molecule has 0 saturated heterocycles. The SMILES string of the molecule is C=CC(=O)N1CCn2nc(-c3nc4c5ccsc5c3-c3c(F)cc(F)cc3OC[C@@H](C)OC/C=C/COc3cc(NC)c(C=N)cc3-4)cc2C1. The minimum absolute atomic E-state index is 0.00326. The van der Waals surface area contributed by atoms with Crippen LogP contribution < -0.4 is 14.8 Å². The van der Waals surface area contributed by atoms with Gasteiger partial charge in [-0.2, -0.15) is 5.10 Å². The zero-order valence-corrected chi connectivity index (χ0v) is 28.3. The van der Waals surface area contributed by atoms with E-state index in [9.17, 15) is 9.18 Å². The van der Waals surface area contributed by atoms with Gasteiger partial charge >= 0.3 is 0 Å². The van der Waals surface area contributed by atoms with Crippen molar-refractivity contribution >= 4 is 39.2 Å². The van der Waals surface area contributed by atoms with E-state index in [2.05, 4.69) is 11.9 Å². The molecule has 1 amide bonds. The summed E-state index contributed by atoms with van der Waals surface area (Å²) in [6, 6.07) is 9.42. The highest BCUT2D eigenvalue weighted by atomic mass is 32.1. The van der Waals surface area contributed by atoms with E-state index in [0.29, 0.717) is 74.9 Å². The van der Waals surface area contributed by atoms with Crippen molar-refractivity contribution in [2.45, 2.75) is 26.1 Å². The predicted molar refractivity (Wildman–Crippen MR) is 190 cm³/mol. The zero-order chi connectivity index (χ0) is 34.9. The number of hydrogen-bond acceptors (Lipinski definition) is 9. The Morgan fingerprint density at radius 2 is 1.92 bits per heavy atom. The van der Waals surface area contributed by atoms with Gasteiger partial charge in [0.1, 0.15) is 47.7 Å². The van der Waals surface area contributed by atoms with Crippen LogP contribution in [0.5, 0.6) is 11.5 Å². The number of pyridine rings is 1. The van der Waals surface area contributed by atoms with Crippen LogP contribution in [-0.2, 0) is 22.6 Å². The van der Waals surface area contributed by atoms with Crippen LogP contribution in [0.1, 0.15) is 18.2 Å². The van der Waals surface area contributed by atoms with Crippen molar-refractivity contribution in [2.24, 2.45) is 0 Å². The number of nitrogens with one attached hydrogen (secondary N) is 2. The molecule has 2 bridgehead atoms. The van der Waals surface area contributed by atoms with Crippen molar-refractivity contribution in [1.29, 1.82) is 5.41 Å². The number of amides is 1. The molecule has 50 heavy (non-hydrogen) atoms. The van der Waals surface area contributed by atoms with Gasteiger partial charge in [0.25, 0.3) is 0 Å². The fourth-order valence-corrected chi connectivity index (χ4v) is 7.19. The second-order valence-electron chi connectivity index (χ2n) is 11.9. The third-order valence-electron chi connectivity index (χ3n) is 8.69. The lowest BCUT2D eigenvalue weighted by atomic mass is 9.95. The van der Waals surface area contributed by atoms with Gasteiger partial charge in [0.05, 0.1) is 42.8 Å². The van der Waals surface area contributed by atoms with Gasteiger partial charge in [-0.15, -0.1) is 11.3 Å². The third-order valence-corrected chi connectivity index (χ3v) is 9.62. The summed E-state index contributed by atoms with van der Waals surface area (Å²) in [5, 5.41) is 18.8. The second-order valence-corrected chi connectivity index (χ2v) is 12.8. The van der Waals surface area contributed by atoms with Crippen LogP contribution in [0.4, 0.5) is 14.5 Å². The van der Waals surface area contributed by atoms with Gasteiger partial charge in [-0.25, -0.2) is 13.8 Å². The molecule has 2 N–H and O–H groups in total. The molecular weight excluding hydrogens is 663 g/mol. The molecule has 2 aliphatic heterocycles. The normalized spacial score (nSPS) is 16.7. The number of halogens is 2. The minimum atomic E-state index is -0.819. The van der Waals surface area contributed by atoms with Crippen LogP contribution in [0.2, 0.25) is 0 Å². The number of fused-ring (bicyclic) bond motifs is 5. The van der Waals surface area contributed by atoms with Gasteiger partial charge in [0.2, 0.25) is 5.91 Å². The highest BCUT2D eigenvalue weighted by molar-refractivity contribution is 7.18. The minimum Gasteiger partial charge on any atom is -0.490 e. The van der Waals surface area contributed by atoms with Crippen LogP contribution in [0.15, 0.2) is 66.6 Å². The fourth-order valence-electron chi connectivity index (χ4n) is 6.24. The predicted octanol–water partition coefficient (Wildman–Crippen LogP) is 7.07. The van der Waals surface area contributed by atoms with Crippen molar-refractivity contribution in [2.75, 3.05) is 38.7 Å². The summed E-state index contributed by atoms with van der Waals surface area (Å²) in [4.78, 5) is 19.4. The van der Waals surface area contributed by atoms with Gasteiger partial charge in [-0.3, -0.25) is 9.48 Å². The average Bonchev–Trinajstić information content (AvgIpc) is 3.78. The number of carbonyl (C=O) groups is 1. The fraction of sp³-hybridized carbons (Fsp3) is 0.243. The molecule has 0 aliphatic carbocycles. The van der Waals surface area contributed by atoms with Gasteiger partial charge < -0.3 is 29.8 Å². The van der Waals surface area contributed by atoms with E-state index in [1.165, 1.54) is 29.7 Å². The Hall–Kier alpha value is -5.40. The van der Waals surface area contributed by atoms with Gasteiger partial charge in [0, 0.05) is 70.5 Å². The van der Waals surface area contributed by atoms with Gasteiger partial charge in [0.15, 0.2) is 0 Å². The number of thiophene rings is 1. The summed E-state index contributed by atoms with van der Waals surface area (Å²) in [6.07, 6.45) is 5.81. The molecule has 0 fully saturated rings. The smallest absolute Gasteiger partial charge is 0.246 e. The number of ether oxygens (including phenoxy) is 3. The Bertz CT molecular complexity index is 2180. The van der Waals surface area contributed by atoms with Gasteiger partial charge in [-0.1, -0.05) is 12.7 Å². The van der Waals surface area contributed by atoms with E-state index in [1.807, 2.05) is 53.4 Å². The van der Waals surface area contributed by atoms with E-state index in [-0.39, 0.29) is 37.0 Å². The number of hydrogen-bond donors (Lipinski definition) is 2. The van der Waals surface area contributed by atoms with Crippen molar-refractivity contribution in [3.8, 4) is 45.3 Å². The van der Waals surface area contributed by atoms with E-state index < -0.39 is 17.7 Å². The van der Waals surface area contributed by atoms with Gasteiger partial charge in [-0.05, 0) is 42.7 Å². The Kier molecular flexibility index (Phi) is 9.17. The summed E-state index contributed by atoms with van der Waals surface area (Å²) in [6.45, 7) is 7.17. The number of carbonyl (C=O) groups excluding carboxylic acids is 1. The molecule has 5 aromatic rings. The quantitative estimate of drug-likeness (QED) is 0.117. The highest BCUT2D eigenvalue weighted by Crippen LogP contribution is 2.48. The monoisotopic (exact) mass is 696 g/mol. The lowest BCUT2D eigenvalue weighted by Crippen LogP contribution is -2.37. The van der Waals surface area contributed by atoms with E-state index in [1.54, 1.807) is 11.9 Å². The Morgan fingerprint density at radius 1 is 1.08 bits per heavy atom. The standard InChI is InChI=1S/C37H34F2N6O4S/c1-4-32(46)44-8-9-45-24(19-44)16-29(43-45)36-34-33-27(39)14-23(38)15-31(33)49-20-21(2)47-10-5-6-11-48-30-17-28(41-3)22(18-40)13-26(30)35(42-36)25-7-12-50-37(25)34/h4-7,12-18,21,40-41H,1,8-11,19-20H2,2-3H3/b6-5+,40-18?/t21-/m1/s1. The van der Waals surface area contributed by atoms with Crippen LogP contribution in [0.3, 0.4) is 0 Å². The summed E-state index contributed by atoms with van der Waals surface area (Å²) >= 11 is 1.38. The maximum absolute atomic E-state index is 16.3. The lowest BCUT2D eigenvalue weighted by Gasteiger charge is -2.26. The third kappa shape index (κ3) is 6.14. The van der Waals surface area contributed by atoms with Crippen molar-refractivity contribution in [3.63, 3.8) is 0 Å². The van der Waals surface area contributed by atoms with Crippen LogP contribution in [0.25, 0.3) is 43.9 Å². The van der Waals surface area contributed by atoms with Crippen molar-refractivity contribution in [3.05, 3.63) is 89.5 Å². The molecule has 10 nitrogen and oxygen atoms in total. The molecule has 3 aromatic heterocycles. The van der Waals surface area contributed by atoms with E-state index in [0.717, 1.165) is 11.8 Å². The van der Waals surface area contributed by atoms with Crippen molar-refractivity contribution in [1.82, 2.24) is 19.7 Å². The average molecular weight is 697 g/mol. The highest BCUT2D eigenvalue weighted by Gasteiger charge is 2.29. The molecule has 0 radical (unpaired) electrons. The largest absolute Gasteiger partial charge is 0.490 e. The Balaban J connectivity index is 1.55. The van der Waals surface area contributed by atoms with Crippen LogP contribution in [0, 0.1) is 17.0 Å². The molecule has 2 aliphatic rings. The zero-order valence-electron chi connectivity index (χ0n) is 27.5. The first-order chi connectivity index (χ1) is 24.3. The van der Waals surface area contributed by atoms with E-state index in [4.69, 9.17) is 29.7 Å². The Morgan fingerprint density at radius 3 is 2.72 bits per heavy atom. The molecule has 256 valence electrons. The Labute approximate surface area is 291 Å². The van der Waals surface area contributed by atoms with E-state index >= 15 is 4.39 Å². The van der Waals surface area contributed by atoms with Crippen LogP contribution in [-0.4, -0.2) is 71.3 Å². The molecule has 13 heteroatoms. The molecule has 1 atom stereocenters. The number of nitrogens with zero attached hydrogens (tertiary/aromatic N) is 4. The second kappa shape index (κ2) is 13.8. The first-order valence-corrected chi connectivity index (χ1v) is 17.0. The maximum atomic E-state index is 16.3. The summed E-state index contributed by atoms with van der Waals surface area (Å²) in [5.41, 5.74) is 4.43. The number of aromatic nitrogens is 3. The maximum Gasteiger partial charge on any atom is 0.246 e. The molecule has 0 spiro atoms. The first-order valence-electron chi connectivity index (χ1n) is 16.1. The summed E-state index contributed by atoms with van der Waals surface area (Å²) < 4.78 is 51.9. The number of anilines is 1. The lowest BCUT2D eigenvalue weighted by molar-refractivity contribution is -0.127. The molecule has 0 saturated carbocycles. The van der Waals surface area contributed by atoms with Crippen LogP contribution >= 0.6 is 11.3 Å². The topological polar surface area (TPSA) is 115 Å². The summed E-state index contributed by atoms with van der Waals surface area (Å²) in [7, 11) is 1.77. The molecule has 0 unspecified atom stereocenters. The first kappa shape index (κ1) is 33.1. The van der Waals surface area contributed by atoms with Crippen molar-refractivity contribution < 1.29 is 27.8 Å².